The van der Waals surface area contributed by atoms with Crippen molar-refractivity contribution in [2.24, 2.45) is 22.9 Å². The fraction of sp³-hybridized carbons (Fsp3) is 0.174. The highest BCUT2D eigenvalue weighted by Crippen LogP contribution is 2.55. The molecule has 0 saturated carbocycles. The normalized spacial score (nSPS) is 23.1. The number of amides is 4. The number of nitrogens with zero attached hydrogens (tertiary/aromatic N) is 2. The largest absolute Gasteiger partial charge is 0.520 e. The summed E-state index contributed by atoms with van der Waals surface area (Å²) in [5.74, 6) is -4.96. The number of aromatic hydroxyl groups is 1. The minimum absolute atomic E-state index is 0.0234. The van der Waals surface area contributed by atoms with E-state index in [9.17, 15) is 39.3 Å². The number of carboxylic acids is 1. The number of carbonyl (C=O) groups excluding carboxylic acids is 3. The van der Waals surface area contributed by atoms with E-state index in [1.54, 1.807) is 0 Å². The quantitative estimate of drug-likeness (QED) is 0.230. The van der Waals surface area contributed by atoms with Crippen molar-refractivity contribution < 1.29 is 39.3 Å². The number of quaternary nitrogens is 1. The Morgan fingerprint density at radius 3 is 2.14 bits per heavy atom. The summed E-state index contributed by atoms with van der Waals surface area (Å²) in [5.41, 5.74) is 17.8. The van der Waals surface area contributed by atoms with Crippen LogP contribution in [-0.4, -0.2) is 62.4 Å². The third-order valence-electron chi connectivity index (χ3n) is 6.80. The van der Waals surface area contributed by atoms with Crippen molar-refractivity contribution in [2.75, 3.05) is 6.54 Å². The Balaban J connectivity index is 2.34. The number of benzene rings is 2. The highest BCUT2D eigenvalue weighted by atomic mass is 16.4. The number of carboxylic acid groups (broad SMARTS) is 2. The zero-order valence-electron chi connectivity index (χ0n) is 19.1. The van der Waals surface area contributed by atoms with E-state index in [2.05, 4.69) is 0 Å². The minimum atomic E-state index is -2.71. The van der Waals surface area contributed by atoms with Crippen molar-refractivity contribution in [3.63, 3.8) is 0 Å². The van der Waals surface area contributed by atoms with Crippen LogP contribution in [0.15, 0.2) is 42.5 Å². The molecule has 1 saturated heterocycles. The summed E-state index contributed by atoms with van der Waals surface area (Å²) in [4.78, 5) is 64.2. The van der Waals surface area contributed by atoms with Crippen molar-refractivity contribution in [1.82, 2.24) is 9.05 Å². The Kier molecular flexibility index (Phi) is 5.66. The van der Waals surface area contributed by atoms with Crippen LogP contribution in [0.5, 0.6) is 5.75 Å². The molecule has 192 valence electrons. The first kappa shape index (κ1) is 25.2. The SMILES string of the molecule is NC(=O)c1cccc(O)c1[C@]1(C(=O)O)C[C@H](N)C[N+]1(C(=O)O)c1c(C(N)=O)n(C(N)=O)c2ccccc12. The number of fused-ring (bicyclic) bond motifs is 1. The number of primary amides is 3. The van der Waals surface area contributed by atoms with Crippen LogP contribution in [0.3, 0.4) is 0 Å². The molecule has 14 nitrogen and oxygen atoms in total. The van der Waals surface area contributed by atoms with Gasteiger partial charge < -0.3 is 38.3 Å². The minimum Gasteiger partial charge on any atom is -0.507 e. The fourth-order valence-electron chi connectivity index (χ4n) is 5.62. The lowest BCUT2D eigenvalue weighted by Gasteiger charge is -2.41. The number of hydrogen-bond donors (Lipinski definition) is 7. The summed E-state index contributed by atoms with van der Waals surface area (Å²) < 4.78 is -0.952. The summed E-state index contributed by atoms with van der Waals surface area (Å²) in [6.07, 6.45) is -2.43. The van der Waals surface area contributed by atoms with Gasteiger partial charge in [0.15, 0.2) is 11.4 Å². The average Bonchev–Trinajstić information content (AvgIpc) is 3.32. The van der Waals surface area contributed by atoms with Crippen molar-refractivity contribution in [2.45, 2.75) is 18.0 Å². The maximum atomic E-state index is 13.3. The molecular weight excluding hydrogens is 488 g/mol. The van der Waals surface area contributed by atoms with E-state index in [0.29, 0.717) is 4.57 Å². The van der Waals surface area contributed by atoms with Gasteiger partial charge in [-0.3, -0.25) is 14.2 Å². The molecule has 0 radical (unpaired) electrons. The Labute approximate surface area is 207 Å². The number of phenolic OH excluding ortho intramolecular Hbond substituents is 1. The Morgan fingerprint density at radius 1 is 0.946 bits per heavy atom. The van der Waals surface area contributed by atoms with E-state index in [1.807, 2.05) is 0 Å². The zero-order chi connectivity index (χ0) is 27.4. The number of likely N-dealkylation sites (tertiary alicyclic amines) is 1. The van der Waals surface area contributed by atoms with Crippen molar-refractivity contribution in [3.05, 3.63) is 59.3 Å². The molecule has 2 heterocycles. The molecule has 1 aliphatic rings. The molecule has 0 aliphatic carbocycles. The van der Waals surface area contributed by atoms with Crippen molar-refractivity contribution in [1.29, 1.82) is 0 Å². The molecule has 14 heteroatoms. The molecule has 1 aliphatic heterocycles. The standard InChI is InChI=1S/C23H22N6O8/c24-10-8-23(20(33)34,15-12(18(25)31)5-3-7-14(15)30)29(9-10,22(36)37)17-11-4-1-2-6-13(11)28(21(27)35)16(17)19(26)32/h1-7,10H,8-9,24H2,(H8-,25,26,27,30,31,32,33,34,35,36,37)/p+1/t10-,23-,29?/m0/s1. The third-order valence-corrected chi connectivity index (χ3v) is 6.80. The lowest BCUT2D eigenvalue weighted by molar-refractivity contribution is -0.149. The summed E-state index contributed by atoms with van der Waals surface area (Å²) in [6.45, 7) is -0.638. The average molecular weight is 511 g/mol. The zero-order valence-corrected chi connectivity index (χ0v) is 19.1. The molecule has 1 fully saturated rings. The first-order chi connectivity index (χ1) is 17.3. The number of aromatic nitrogens is 1. The lowest BCUT2D eigenvalue weighted by atomic mass is 9.80. The maximum Gasteiger partial charge on any atom is 0.520 e. The molecule has 3 atom stereocenters. The molecule has 37 heavy (non-hydrogen) atoms. The van der Waals surface area contributed by atoms with Gasteiger partial charge in [0.2, 0.25) is 11.4 Å². The van der Waals surface area contributed by atoms with Crippen LogP contribution in [0.25, 0.3) is 10.9 Å². The fourth-order valence-corrected chi connectivity index (χ4v) is 5.62. The monoisotopic (exact) mass is 511 g/mol. The predicted molar refractivity (Wildman–Crippen MR) is 129 cm³/mol. The highest BCUT2D eigenvalue weighted by molar-refractivity contribution is 6.16. The molecule has 0 bridgehead atoms. The second-order valence-corrected chi connectivity index (χ2v) is 8.72. The van der Waals surface area contributed by atoms with Gasteiger partial charge in [-0.15, -0.1) is 0 Å². The third kappa shape index (κ3) is 3.16. The maximum absolute atomic E-state index is 13.3. The van der Waals surface area contributed by atoms with Crippen LogP contribution in [-0.2, 0) is 10.3 Å². The summed E-state index contributed by atoms with van der Waals surface area (Å²) in [5, 5.41) is 32.3. The van der Waals surface area contributed by atoms with E-state index >= 15 is 0 Å². The molecule has 2 aromatic carbocycles. The number of aliphatic carboxylic acids is 1. The van der Waals surface area contributed by atoms with Gasteiger partial charge in [0.1, 0.15) is 12.3 Å². The number of rotatable bonds is 5. The predicted octanol–water partition coefficient (Wildman–Crippen LogP) is 0.168. The summed E-state index contributed by atoms with van der Waals surface area (Å²) >= 11 is 0. The molecule has 11 N–H and O–H groups in total. The van der Waals surface area contributed by atoms with Crippen molar-refractivity contribution in [3.8, 4) is 5.75 Å². The number of nitrogens with two attached hydrogens (primary N) is 4. The van der Waals surface area contributed by atoms with Crippen molar-refractivity contribution >= 4 is 46.5 Å². The van der Waals surface area contributed by atoms with E-state index in [-0.39, 0.29) is 10.9 Å². The van der Waals surface area contributed by atoms with Gasteiger partial charge in [0.25, 0.3) is 5.91 Å². The first-order valence-electron chi connectivity index (χ1n) is 10.8. The molecule has 1 aromatic heterocycles. The van der Waals surface area contributed by atoms with Gasteiger partial charge in [0.05, 0.1) is 28.1 Å². The topological polar surface area (TPSA) is 255 Å². The Bertz CT molecular complexity index is 1530. The van der Waals surface area contributed by atoms with Gasteiger partial charge in [0, 0.05) is 6.42 Å². The van der Waals surface area contributed by atoms with E-state index in [0.717, 1.165) is 12.1 Å². The first-order valence-corrected chi connectivity index (χ1v) is 10.8. The summed E-state index contributed by atoms with van der Waals surface area (Å²) in [7, 11) is 0. The van der Waals surface area contributed by atoms with Gasteiger partial charge in [-0.25, -0.2) is 9.59 Å². The molecular formula is C23H23N6O8+. The van der Waals surface area contributed by atoms with Crippen LogP contribution < -0.4 is 27.4 Å². The number of carbonyl (C=O) groups is 5. The van der Waals surface area contributed by atoms with Gasteiger partial charge in [-0.05, 0) is 24.3 Å². The molecule has 1 unspecified atom stereocenters. The second-order valence-electron chi connectivity index (χ2n) is 8.72. The second kappa shape index (κ2) is 8.32. The van der Waals surface area contributed by atoms with Crippen LogP contribution in [0.1, 0.15) is 32.8 Å². The van der Waals surface area contributed by atoms with E-state index in [4.69, 9.17) is 22.9 Å². The summed E-state index contributed by atoms with van der Waals surface area (Å²) in [6, 6.07) is 6.75. The lowest BCUT2D eigenvalue weighted by Crippen LogP contribution is -2.67. The van der Waals surface area contributed by atoms with Crippen LogP contribution >= 0.6 is 0 Å². The van der Waals surface area contributed by atoms with E-state index in [1.165, 1.54) is 30.3 Å². The van der Waals surface area contributed by atoms with Crippen LogP contribution in [0.2, 0.25) is 0 Å². The Hall–Kier alpha value is -4.95. The van der Waals surface area contributed by atoms with Gasteiger partial charge in [-0.1, -0.05) is 18.2 Å². The van der Waals surface area contributed by atoms with E-state index < -0.39 is 87.2 Å². The highest BCUT2D eigenvalue weighted by Gasteiger charge is 2.73. The number of hydrogen-bond acceptors (Lipinski definition) is 7. The van der Waals surface area contributed by atoms with Crippen LogP contribution in [0, 0.1) is 0 Å². The van der Waals surface area contributed by atoms with Crippen LogP contribution in [0.4, 0.5) is 15.3 Å². The molecule has 3 aromatic rings. The molecule has 4 amide bonds. The molecule has 4 rings (SSSR count). The van der Waals surface area contributed by atoms with Gasteiger partial charge in [-0.2, -0.15) is 9.28 Å². The number of para-hydroxylation sites is 1. The smallest absolute Gasteiger partial charge is 0.507 e. The molecule has 0 spiro atoms. The number of phenols is 1. The Morgan fingerprint density at radius 2 is 1.59 bits per heavy atom. The van der Waals surface area contributed by atoms with Gasteiger partial charge >= 0.3 is 18.1 Å².